The maximum absolute atomic E-state index is 13.1. The number of nitrogens with zero attached hydrogens (tertiary/aromatic N) is 2. The standard InChI is InChI=1S/C23H34N2O2/c1-22(2,3)27-21(26)25(20-15-23(20)12-8-13-23)19-11-7-14-24(17-19)16-18-9-5-4-6-10-18/h4-6,9-10,19-20H,7-8,11-17H2,1-3H3. The number of likely N-dealkylation sites (tertiary alicyclic amines) is 1. The van der Waals surface area contributed by atoms with Crippen molar-refractivity contribution >= 4 is 6.09 Å². The van der Waals surface area contributed by atoms with Crippen molar-refractivity contribution in [1.82, 2.24) is 9.80 Å². The summed E-state index contributed by atoms with van der Waals surface area (Å²) >= 11 is 0. The van der Waals surface area contributed by atoms with Crippen LogP contribution in [0.5, 0.6) is 0 Å². The molecule has 3 aliphatic rings. The van der Waals surface area contributed by atoms with Crippen molar-refractivity contribution in [1.29, 1.82) is 0 Å². The van der Waals surface area contributed by atoms with E-state index in [1.807, 2.05) is 20.8 Å². The van der Waals surface area contributed by atoms with Crippen molar-refractivity contribution in [3.8, 4) is 0 Å². The SMILES string of the molecule is CC(C)(C)OC(=O)N(C1CCCN(Cc2ccccc2)C1)C1CC12CCC2. The summed E-state index contributed by atoms with van der Waals surface area (Å²) in [6, 6.07) is 11.4. The van der Waals surface area contributed by atoms with E-state index in [4.69, 9.17) is 4.74 Å². The zero-order chi connectivity index (χ0) is 19.1. The molecule has 0 bridgehead atoms. The highest BCUT2D eigenvalue weighted by Crippen LogP contribution is 2.63. The second-order valence-electron chi connectivity index (χ2n) is 9.84. The van der Waals surface area contributed by atoms with Gasteiger partial charge in [0.05, 0.1) is 0 Å². The Hall–Kier alpha value is -1.55. The number of carbonyl (C=O) groups is 1. The van der Waals surface area contributed by atoms with Crippen LogP contribution >= 0.6 is 0 Å². The average Bonchev–Trinajstić information content (AvgIpc) is 3.30. The summed E-state index contributed by atoms with van der Waals surface area (Å²) in [5, 5.41) is 0. The Morgan fingerprint density at radius 2 is 1.96 bits per heavy atom. The minimum absolute atomic E-state index is 0.0946. The number of rotatable bonds is 4. The number of hydrogen-bond acceptors (Lipinski definition) is 3. The van der Waals surface area contributed by atoms with E-state index in [2.05, 4.69) is 40.1 Å². The van der Waals surface area contributed by atoms with E-state index in [9.17, 15) is 4.79 Å². The predicted octanol–water partition coefficient (Wildman–Crippen LogP) is 4.83. The van der Waals surface area contributed by atoms with E-state index >= 15 is 0 Å². The molecule has 0 radical (unpaired) electrons. The fraction of sp³-hybridized carbons (Fsp3) is 0.696. The Kier molecular flexibility index (Phi) is 4.96. The quantitative estimate of drug-likeness (QED) is 0.761. The van der Waals surface area contributed by atoms with Gasteiger partial charge in [-0.1, -0.05) is 36.8 Å². The highest BCUT2D eigenvalue weighted by Gasteiger charge is 2.62. The van der Waals surface area contributed by atoms with Crippen LogP contribution in [-0.2, 0) is 11.3 Å². The van der Waals surface area contributed by atoms with Gasteiger partial charge in [-0.3, -0.25) is 4.90 Å². The number of hydrogen-bond donors (Lipinski definition) is 0. The van der Waals surface area contributed by atoms with Gasteiger partial charge < -0.3 is 9.64 Å². The fourth-order valence-corrected chi connectivity index (χ4v) is 4.98. The van der Waals surface area contributed by atoms with E-state index in [0.29, 0.717) is 11.5 Å². The zero-order valence-electron chi connectivity index (χ0n) is 17.1. The highest BCUT2D eigenvalue weighted by molar-refractivity contribution is 5.70. The van der Waals surface area contributed by atoms with Crippen molar-refractivity contribution < 1.29 is 9.53 Å². The lowest BCUT2D eigenvalue weighted by atomic mass is 9.81. The first-order valence-corrected chi connectivity index (χ1v) is 10.6. The number of benzene rings is 1. The van der Waals surface area contributed by atoms with E-state index in [1.165, 1.54) is 31.2 Å². The number of piperidine rings is 1. The third kappa shape index (κ3) is 4.16. The second kappa shape index (κ2) is 7.12. The van der Waals surface area contributed by atoms with Gasteiger partial charge in [-0.15, -0.1) is 0 Å². The molecule has 4 nitrogen and oxygen atoms in total. The molecule has 2 unspecified atom stereocenters. The lowest BCUT2D eigenvalue weighted by Crippen LogP contribution is -2.53. The Labute approximate surface area is 163 Å². The first kappa shape index (κ1) is 18.8. The molecule has 1 spiro atoms. The van der Waals surface area contributed by atoms with Gasteiger partial charge in [-0.05, 0) is 70.4 Å². The van der Waals surface area contributed by atoms with Crippen molar-refractivity contribution in [2.75, 3.05) is 13.1 Å². The molecule has 0 N–H and O–H groups in total. The summed E-state index contributed by atoms with van der Waals surface area (Å²) in [6.07, 6.45) is 7.23. The van der Waals surface area contributed by atoms with Gasteiger partial charge in [0, 0.05) is 25.2 Å². The summed E-state index contributed by atoms with van der Waals surface area (Å²) in [7, 11) is 0. The third-order valence-electron chi connectivity index (χ3n) is 6.56. The summed E-state index contributed by atoms with van der Waals surface area (Å²) in [5.41, 5.74) is 1.34. The zero-order valence-corrected chi connectivity index (χ0v) is 17.1. The molecule has 2 atom stereocenters. The van der Waals surface area contributed by atoms with Crippen molar-refractivity contribution in [2.45, 2.75) is 83.5 Å². The van der Waals surface area contributed by atoms with Crippen LogP contribution in [0.1, 0.15) is 64.9 Å². The molecule has 1 aliphatic heterocycles. The summed E-state index contributed by atoms with van der Waals surface area (Å²) in [6.45, 7) is 8.95. The van der Waals surface area contributed by atoms with Gasteiger partial charge >= 0.3 is 6.09 Å². The molecule has 2 aliphatic carbocycles. The van der Waals surface area contributed by atoms with Crippen LogP contribution in [0.25, 0.3) is 0 Å². The lowest BCUT2D eigenvalue weighted by molar-refractivity contribution is -0.00359. The van der Waals surface area contributed by atoms with E-state index < -0.39 is 5.60 Å². The molecule has 1 amide bonds. The van der Waals surface area contributed by atoms with E-state index in [-0.39, 0.29) is 12.1 Å². The smallest absolute Gasteiger partial charge is 0.410 e. The number of amides is 1. The molecule has 4 rings (SSSR count). The van der Waals surface area contributed by atoms with Crippen LogP contribution in [0, 0.1) is 5.41 Å². The first-order chi connectivity index (χ1) is 12.9. The van der Waals surface area contributed by atoms with Gasteiger partial charge in [0.15, 0.2) is 0 Å². The first-order valence-electron chi connectivity index (χ1n) is 10.6. The molecule has 148 valence electrons. The average molecular weight is 371 g/mol. The van der Waals surface area contributed by atoms with Crippen LogP contribution in [0.15, 0.2) is 30.3 Å². The molecule has 1 saturated heterocycles. The summed E-state index contributed by atoms with van der Waals surface area (Å²) in [4.78, 5) is 17.8. The molecule has 1 aromatic rings. The molecular weight excluding hydrogens is 336 g/mol. The maximum atomic E-state index is 13.1. The van der Waals surface area contributed by atoms with Crippen LogP contribution < -0.4 is 0 Å². The highest BCUT2D eigenvalue weighted by atomic mass is 16.6. The van der Waals surface area contributed by atoms with Crippen molar-refractivity contribution in [3.05, 3.63) is 35.9 Å². The minimum Gasteiger partial charge on any atom is -0.444 e. The lowest BCUT2D eigenvalue weighted by Gasteiger charge is -2.42. The van der Waals surface area contributed by atoms with Crippen LogP contribution in [-0.4, -0.2) is 46.7 Å². The normalized spacial score (nSPS) is 27.1. The molecule has 0 aromatic heterocycles. The van der Waals surface area contributed by atoms with Crippen LogP contribution in [0.2, 0.25) is 0 Å². The minimum atomic E-state index is -0.435. The van der Waals surface area contributed by atoms with Gasteiger partial charge in [-0.2, -0.15) is 0 Å². The van der Waals surface area contributed by atoms with Gasteiger partial charge in [0.25, 0.3) is 0 Å². The molecule has 27 heavy (non-hydrogen) atoms. The van der Waals surface area contributed by atoms with Gasteiger partial charge in [0.2, 0.25) is 0 Å². The Balaban J connectivity index is 1.46. The van der Waals surface area contributed by atoms with Crippen molar-refractivity contribution in [3.63, 3.8) is 0 Å². The second-order valence-corrected chi connectivity index (χ2v) is 9.84. The summed E-state index contributed by atoms with van der Waals surface area (Å²) < 4.78 is 5.84. The van der Waals surface area contributed by atoms with Crippen molar-refractivity contribution in [2.24, 2.45) is 5.41 Å². The maximum Gasteiger partial charge on any atom is 0.410 e. The van der Waals surface area contributed by atoms with E-state index in [0.717, 1.165) is 32.5 Å². The molecule has 4 heteroatoms. The summed E-state index contributed by atoms with van der Waals surface area (Å²) in [5.74, 6) is 0. The monoisotopic (exact) mass is 370 g/mol. The van der Waals surface area contributed by atoms with Gasteiger partial charge in [-0.25, -0.2) is 4.79 Å². The molecule has 1 aromatic carbocycles. The fourth-order valence-electron chi connectivity index (χ4n) is 4.98. The molecule has 2 saturated carbocycles. The van der Waals surface area contributed by atoms with Crippen LogP contribution in [0.4, 0.5) is 4.79 Å². The van der Waals surface area contributed by atoms with Crippen LogP contribution in [0.3, 0.4) is 0 Å². The third-order valence-corrected chi connectivity index (χ3v) is 6.56. The number of carbonyl (C=O) groups excluding carboxylic acids is 1. The van der Waals surface area contributed by atoms with E-state index in [1.54, 1.807) is 0 Å². The Morgan fingerprint density at radius 1 is 1.22 bits per heavy atom. The predicted molar refractivity (Wildman–Crippen MR) is 108 cm³/mol. The topological polar surface area (TPSA) is 32.8 Å². The number of ether oxygens (including phenoxy) is 1. The molecular formula is C23H34N2O2. The largest absolute Gasteiger partial charge is 0.444 e. The Bertz CT molecular complexity index is 663. The molecule has 1 heterocycles. The molecule has 3 fully saturated rings. The van der Waals surface area contributed by atoms with Gasteiger partial charge in [0.1, 0.15) is 5.60 Å². The Morgan fingerprint density at radius 3 is 2.56 bits per heavy atom.